The van der Waals surface area contributed by atoms with Crippen LogP contribution in [0.3, 0.4) is 0 Å². The van der Waals surface area contributed by atoms with Gasteiger partial charge in [0.05, 0.1) is 6.10 Å². The normalized spacial score (nSPS) is 14.1. The zero-order valence-electron chi connectivity index (χ0n) is 10.3. The third-order valence-corrected chi connectivity index (χ3v) is 3.59. The summed E-state index contributed by atoms with van der Waals surface area (Å²) in [4.78, 5) is 16.5. The monoisotopic (exact) mass is 254 g/mol. The molecule has 1 heterocycles. The highest BCUT2D eigenvalue weighted by Crippen LogP contribution is 2.25. The molecule has 5 heteroatoms. The van der Waals surface area contributed by atoms with Gasteiger partial charge in [0.2, 0.25) is 0 Å². The van der Waals surface area contributed by atoms with Crippen LogP contribution in [0.25, 0.3) is 0 Å². The first-order valence-corrected chi connectivity index (χ1v) is 6.51. The van der Waals surface area contributed by atoms with E-state index < -0.39 is 0 Å². The number of aliphatic hydroxyl groups excluding tert-OH is 1. The van der Waals surface area contributed by atoms with Crippen molar-refractivity contribution in [2.75, 3.05) is 6.54 Å². The van der Waals surface area contributed by atoms with E-state index in [2.05, 4.69) is 10.3 Å². The minimum absolute atomic E-state index is 0.0829. The Hall–Kier alpha value is -1.07. The van der Waals surface area contributed by atoms with Gasteiger partial charge in [0.15, 0.2) is 0 Å². The number of carbonyl (C=O) groups is 1. The van der Waals surface area contributed by atoms with Crippen molar-refractivity contribution in [3.63, 3.8) is 0 Å². The van der Waals surface area contributed by atoms with E-state index in [9.17, 15) is 9.90 Å². The molecule has 2 unspecified atom stereocenters. The van der Waals surface area contributed by atoms with Gasteiger partial charge >= 0.3 is 0 Å². The van der Waals surface area contributed by atoms with Crippen LogP contribution < -0.4 is 5.32 Å². The van der Waals surface area contributed by atoms with E-state index in [1.54, 1.807) is 19.2 Å². The molecule has 0 aliphatic heterocycles. The molecule has 2 N–H and O–H groups in total. The molecular formula is C12H18N2O2S. The zero-order valence-corrected chi connectivity index (χ0v) is 11.1. The molecule has 17 heavy (non-hydrogen) atoms. The van der Waals surface area contributed by atoms with Crippen molar-refractivity contribution < 1.29 is 9.90 Å². The predicted octanol–water partition coefficient (Wildman–Crippen LogP) is 1.69. The Labute approximate surface area is 106 Å². The van der Waals surface area contributed by atoms with Crippen LogP contribution in [0.5, 0.6) is 0 Å². The number of amides is 1. The third kappa shape index (κ3) is 4.36. The van der Waals surface area contributed by atoms with Gasteiger partial charge in [0, 0.05) is 22.9 Å². The molecule has 0 saturated carbocycles. The molecule has 0 aromatic carbocycles. The number of thioether (sulfide) groups is 1. The third-order valence-electron chi connectivity index (χ3n) is 2.30. The molecule has 2 atom stereocenters. The lowest BCUT2D eigenvalue weighted by atomic mass is 10.3. The topological polar surface area (TPSA) is 62.2 Å². The van der Waals surface area contributed by atoms with Crippen LogP contribution in [-0.4, -0.2) is 33.9 Å². The Kier molecular flexibility index (Phi) is 5.44. The first-order valence-electron chi connectivity index (χ1n) is 5.63. The summed E-state index contributed by atoms with van der Waals surface area (Å²) in [6.07, 6.45) is 1.22. The Morgan fingerprint density at radius 3 is 2.88 bits per heavy atom. The van der Waals surface area contributed by atoms with Crippen molar-refractivity contribution in [1.82, 2.24) is 10.3 Å². The number of aliphatic hydroxyl groups is 1. The van der Waals surface area contributed by atoms with Gasteiger partial charge in [-0.3, -0.25) is 9.78 Å². The molecule has 1 aromatic heterocycles. The lowest BCUT2D eigenvalue weighted by Gasteiger charge is -2.14. The highest BCUT2D eigenvalue weighted by atomic mass is 32.2. The maximum atomic E-state index is 11.6. The van der Waals surface area contributed by atoms with E-state index >= 15 is 0 Å². The van der Waals surface area contributed by atoms with Gasteiger partial charge in [-0.15, -0.1) is 11.8 Å². The molecule has 1 aromatic rings. The molecule has 1 amide bonds. The number of hydrogen-bond acceptors (Lipinski definition) is 4. The number of pyridine rings is 1. The summed E-state index contributed by atoms with van der Waals surface area (Å²) < 4.78 is 0. The highest BCUT2D eigenvalue weighted by Gasteiger charge is 2.12. The lowest BCUT2D eigenvalue weighted by Crippen LogP contribution is -2.23. The minimum Gasteiger partial charge on any atom is -0.392 e. The molecule has 0 radical (unpaired) electrons. The SMILES string of the molecule is CCNC(=O)c1cc(SC(C)C(C)O)ccn1. The average molecular weight is 254 g/mol. The number of nitrogens with one attached hydrogen (secondary N) is 1. The van der Waals surface area contributed by atoms with Crippen molar-refractivity contribution in [2.45, 2.75) is 37.0 Å². The lowest BCUT2D eigenvalue weighted by molar-refractivity contribution is 0.0950. The number of rotatable bonds is 5. The van der Waals surface area contributed by atoms with Gasteiger partial charge in [0.25, 0.3) is 5.91 Å². The van der Waals surface area contributed by atoms with Gasteiger partial charge < -0.3 is 10.4 Å². The molecule has 4 nitrogen and oxygen atoms in total. The zero-order chi connectivity index (χ0) is 12.8. The Morgan fingerprint density at radius 2 is 2.29 bits per heavy atom. The van der Waals surface area contributed by atoms with Crippen LogP contribution in [0.4, 0.5) is 0 Å². The molecule has 94 valence electrons. The van der Waals surface area contributed by atoms with E-state index in [0.717, 1.165) is 4.90 Å². The van der Waals surface area contributed by atoms with Crippen molar-refractivity contribution in [3.8, 4) is 0 Å². The standard InChI is InChI=1S/C12H18N2O2S/c1-4-13-12(16)11-7-10(5-6-14-11)17-9(3)8(2)15/h5-9,15H,4H2,1-3H3,(H,13,16). The van der Waals surface area contributed by atoms with E-state index in [1.807, 2.05) is 19.9 Å². The van der Waals surface area contributed by atoms with Crippen molar-refractivity contribution in [3.05, 3.63) is 24.0 Å². The fourth-order valence-corrected chi connectivity index (χ4v) is 2.12. The van der Waals surface area contributed by atoms with Gasteiger partial charge in [-0.1, -0.05) is 6.92 Å². The summed E-state index contributed by atoms with van der Waals surface area (Å²) in [5.41, 5.74) is 0.412. The average Bonchev–Trinajstić information content (AvgIpc) is 2.29. The first-order chi connectivity index (χ1) is 8.04. The van der Waals surface area contributed by atoms with Gasteiger partial charge in [0.1, 0.15) is 5.69 Å². The Balaban J connectivity index is 2.75. The van der Waals surface area contributed by atoms with E-state index in [0.29, 0.717) is 12.2 Å². The Morgan fingerprint density at radius 1 is 1.59 bits per heavy atom. The van der Waals surface area contributed by atoms with Crippen molar-refractivity contribution >= 4 is 17.7 Å². The highest BCUT2D eigenvalue weighted by molar-refractivity contribution is 8.00. The van der Waals surface area contributed by atoms with Gasteiger partial charge in [-0.05, 0) is 26.0 Å². The number of nitrogens with zero attached hydrogens (tertiary/aromatic N) is 1. The van der Waals surface area contributed by atoms with Crippen molar-refractivity contribution in [1.29, 1.82) is 0 Å². The van der Waals surface area contributed by atoms with Crippen LogP contribution >= 0.6 is 11.8 Å². The summed E-state index contributed by atoms with van der Waals surface area (Å²) in [6, 6.07) is 3.58. The molecule has 0 saturated heterocycles. The fourth-order valence-electron chi connectivity index (χ4n) is 1.17. The van der Waals surface area contributed by atoms with Crippen LogP contribution in [-0.2, 0) is 0 Å². The molecule has 0 spiro atoms. The van der Waals surface area contributed by atoms with E-state index in [-0.39, 0.29) is 17.3 Å². The molecule has 0 aliphatic carbocycles. The maximum Gasteiger partial charge on any atom is 0.269 e. The smallest absolute Gasteiger partial charge is 0.269 e. The summed E-state index contributed by atoms with van der Waals surface area (Å²) in [5, 5.41) is 12.2. The second-order valence-corrected chi connectivity index (χ2v) is 5.25. The number of carbonyl (C=O) groups excluding carboxylic acids is 1. The molecule has 0 aliphatic rings. The first kappa shape index (κ1) is 14.0. The summed E-state index contributed by atoms with van der Waals surface area (Å²) >= 11 is 1.53. The second kappa shape index (κ2) is 6.61. The van der Waals surface area contributed by atoms with Crippen LogP contribution in [0.1, 0.15) is 31.3 Å². The van der Waals surface area contributed by atoms with E-state index in [4.69, 9.17) is 0 Å². The largest absolute Gasteiger partial charge is 0.392 e. The molecule has 1 rings (SSSR count). The minimum atomic E-state index is -0.388. The summed E-state index contributed by atoms with van der Waals surface area (Å²) in [7, 11) is 0. The second-order valence-electron chi connectivity index (χ2n) is 3.80. The molecule has 0 fully saturated rings. The molecule has 0 bridgehead atoms. The van der Waals surface area contributed by atoms with Crippen LogP contribution in [0.15, 0.2) is 23.2 Å². The van der Waals surface area contributed by atoms with Crippen molar-refractivity contribution in [2.24, 2.45) is 0 Å². The number of hydrogen-bond donors (Lipinski definition) is 2. The van der Waals surface area contributed by atoms with Gasteiger partial charge in [-0.2, -0.15) is 0 Å². The fraction of sp³-hybridized carbons (Fsp3) is 0.500. The quantitative estimate of drug-likeness (QED) is 0.785. The van der Waals surface area contributed by atoms with Crippen LogP contribution in [0, 0.1) is 0 Å². The van der Waals surface area contributed by atoms with E-state index in [1.165, 1.54) is 11.8 Å². The Bertz CT molecular complexity index is 383. The number of aromatic nitrogens is 1. The molecular weight excluding hydrogens is 236 g/mol. The van der Waals surface area contributed by atoms with Gasteiger partial charge in [-0.25, -0.2) is 0 Å². The van der Waals surface area contributed by atoms with Crippen LogP contribution in [0.2, 0.25) is 0 Å². The summed E-state index contributed by atoms with van der Waals surface area (Å²) in [6.45, 7) is 6.15. The summed E-state index contributed by atoms with van der Waals surface area (Å²) in [5.74, 6) is -0.167. The maximum absolute atomic E-state index is 11.6. The predicted molar refractivity (Wildman–Crippen MR) is 69.2 cm³/mol.